The maximum absolute atomic E-state index is 13.4. The monoisotopic (exact) mass is 254 g/mol. The molecular weight excluding hydrogens is 238 g/mol. The van der Waals surface area contributed by atoms with Crippen molar-refractivity contribution in [2.24, 2.45) is 5.41 Å². The highest BCUT2D eigenvalue weighted by atomic mass is 19.1. The number of halogens is 2. The molecule has 1 atom stereocenters. The van der Waals surface area contributed by atoms with Crippen LogP contribution in [0.4, 0.5) is 14.5 Å². The molecule has 1 aromatic rings. The maximum Gasteiger partial charge on any atom is 0.231 e. The fourth-order valence-electron chi connectivity index (χ4n) is 2.25. The predicted octanol–water partition coefficient (Wildman–Crippen LogP) is 2.29. The van der Waals surface area contributed by atoms with Gasteiger partial charge in [0.05, 0.1) is 11.1 Å². The number of rotatable bonds is 3. The fourth-order valence-corrected chi connectivity index (χ4v) is 2.25. The number of anilines is 1. The molecule has 1 aromatic carbocycles. The van der Waals surface area contributed by atoms with Gasteiger partial charge in [-0.15, -0.1) is 0 Å². The number of nitrogens with one attached hydrogen (secondary N) is 2. The van der Waals surface area contributed by atoms with E-state index in [0.717, 1.165) is 24.7 Å². The molecule has 0 spiro atoms. The van der Waals surface area contributed by atoms with E-state index in [1.54, 1.807) is 0 Å². The minimum absolute atomic E-state index is 0.0975. The molecule has 1 amide bonds. The summed E-state index contributed by atoms with van der Waals surface area (Å²) < 4.78 is 26.5. The first kappa shape index (κ1) is 13.0. The minimum atomic E-state index is -0.623. The third kappa shape index (κ3) is 2.36. The van der Waals surface area contributed by atoms with Crippen LogP contribution in [0.5, 0.6) is 0 Å². The molecule has 0 radical (unpaired) electrons. The zero-order valence-corrected chi connectivity index (χ0v) is 10.2. The maximum atomic E-state index is 13.4. The Morgan fingerprint density at radius 1 is 1.50 bits per heavy atom. The van der Waals surface area contributed by atoms with E-state index < -0.39 is 17.0 Å². The Labute approximate surface area is 105 Å². The van der Waals surface area contributed by atoms with E-state index in [1.807, 2.05) is 6.92 Å². The van der Waals surface area contributed by atoms with Crippen LogP contribution in [0.3, 0.4) is 0 Å². The molecule has 0 bridgehead atoms. The fraction of sp³-hybridized carbons (Fsp3) is 0.462. The number of hydrogen-bond acceptors (Lipinski definition) is 2. The molecule has 1 fully saturated rings. The molecular formula is C13H16F2N2O. The van der Waals surface area contributed by atoms with Crippen molar-refractivity contribution in [3.05, 3.63) is 29.8 Å². The normalized spacial score (nSPS) is 23.1. The third-order valence-corrected chi connectivity index (χ3v) is 3.58. The van der Waals surface area contributed by atoms with Crippen LogP contribution in [-0.2, 0) is 4.79 Å². The quantitative estimate of drug-likeness (QED) is 0.869. The van der Waals surface area contributed by atoms with Gasteiger partial charge in [-0.2, -0.15) is 0 Å². The highest BCUT2D eigenvalue weighted by Gasteiger charge is 2.39. The number of benzene rings is 1. The largest absolute Gasteiger partial charge is 0.323 e. The molecule has 98 valence electrons. The second kappa shape index (κ2) is 5.02. The van der Waals surface area contributed by atoms with Crippen molar-refractivity contribution in [1.29, 1.82) is 0 Å². The van der Waals surface area contributed by atoms with E-state index in [9.17, 15) is 13.6 Å². The van der Waals surface area contributed by atoms with Crippen molar-refractivity contribution in [3.8, 4) is 0 Å². The average Bonchev–Trinajstić information content (AvgIpc) is 2.84. The molecule has 1 aliphatic rings. The Hall–Kier alpha value is -1.49. The van der Waals surface area contributed by atoms with Gasteiger partial charge >= 0.3 is 0 Å². The number of carbonyl (C=O) groups is 1. The van der Waals surface area contributed by atoms with Crippen molar-refractivity contribution >= 4 is 11.6 Å². The summed E-state index contributed by atoms with van der Waals surface area (Å²) in [6.45, 7) is 3.27. The second-order valence-electron chi connectivity index (χ2n) is 4.64. The Morgan fingerprint density at radius 2 is 2.28 bits per heavy atom. The van der Waals surface area contributed by atoms with E-state index in [2.05, 4.69) is 10.6 Å². The molecule has 0 aliphatic carbocycles. The first-order chi connectivity index (χ1) is 8.57. The van der Waals surface area contributed by atoms with E-state index in [1.165, 1.54) is 0 Å². The molecule has 18 heavy (non-hydrogen) atoms. The zero-order valence-electron chi connectivity index (χ0n) is 10.2. The van der Waals surface area contributed by atoms with Crippen molar-refractivity contribution in [2.75, 3.05) is 18.4 Å². The number of amides is 1. The van der Waals surface area contributed by atoms with E-state index in [-0.39, 0.29) is 11.6 Å². The molecule has 0 saturated carbocycles. The van der Waals surface area contributed by atoms with E-state index in [4.69, 9.17) is 0 Å². The number of carbonyl (C=O) groups excluding carboxylic acids is 1. The summed E-state index contributed by atoms with van der Waals surface area (Å²) in [6.07, 6.45) is 1.38. The van der Waals surface area contributed by atoms with Crippen LogP contribution >= 0.6 is 0 Å². The Kier molecular flexibility index (Phi) is 3.61. The van der Waals surface area contributed by atoms with Gasteiger partial charge in [-0.3, -0.25) is 4.79 Å². The first-order valence-corrected chi connectivity index (χ1v) is 6.04. The van der Waals surface area contributed by atoms with Crippen LogP contribution in [0, 0.1) is 17.0 Å². The van der Waals surface area contributed by atoms with Gasteiger partial charge in [0, 0.05) is 12.6 Å². The minimum Gasteiger partial charge on any atom is -0.323 e. The molecule has 1 heterocycles. The van der Waals surface area contributed by atoms with E-state index >= 15 is 0 Å². The average molecular weight is 254 g/mol. The standard InChI is InChI=1S/C13H16F2N2O/c1-2-13(5-6-16-8-13)12(18)17-11-7-9(14)3-4-10(11)15/h3-4,7,16H,2,5-6,8H2,1H3,(H,17,18). The topological polar surface area (TPSA) is 41.1 Å². The van der Waals surface area contributed by atoms with Crippen molar-refractivity contribution in [3.63, 3.8) is 0 Å². The lowest BCUT2D eigenvalue weighted by molar-refractivity contribution is -0.124. The molecule has 2 rings (SSSR count). The SMILES string of the molecule is CCC1(C(=O)Nc2cc(F)ccc2F)CCNC1. The van der Waals surface area contributed by atoms with Crippen LogP contribution in [0.15, 0.2) is 18.2 Å². The smallest absolute Gasteiger partial charge is 0.231 e. The molecule has 1 unspecified atom stereocenters. The van der Waals surface area contributed by atoms with Gasteiger partial charge in [0.1, 0.15) is 11.6 Å². The van der Waals surface area contributed by atoms with Crippen LogP contribution in [0.1, 0.15) is 19.8 Å². The van der Waals surface area contributed by atoms with Gasteiger partial charge in [0.15, 0.2) is 0 Å². The molecule has 1 aliphatic heterocycles. The number of hydrogen-bond donors (Lipinski definition) is 2. The van der Waals surface area contributed by atoms with Gasteiger partial charge in [-0.25, -0.2) is 8.78 Å². The van der Waals surface area contributed by atoms with Crippen LogP contribution < -0.4 is 10.6 Å². The van der Waals surface area contributed by atoms with Gasteiger partial charge in [-0.1, -0.05) is 6.92 Å². The Balaban J connectivity index is 2.18. The summed E-state index contributed by atoms with van der Waals surface area (Å²) in [6, 6.07) is 3.03. The summed E-state index contributed by atoms with van der Waals surface area (Å²) in [5.74, 6) is -1.44. The Bertz CT molecular complexity index is 456. The van der Waals surface area contributed by atoms with Crippen molar-refractivity contribution in [2.45, 2.75) is 19.8 Å². The van der Waals surface area contributed by atoms with Gasteiger partial charge in [-0.05, 0) is 31.5 Å². The van der Waals surface area contributed by atoms with Gasteiger partial charge in [0.2, 0.25) is 5.91 Å². The Morgan fingerprint density at radius 3 is 2.89 bits per heavy atom. The van der Waals surface area contributed by atoms with Crippen molar-refractivity contribution < 1.29 is 13.6 Å². The predicted molar refractivity (Wildman–Crippen MR) is 65.2 cm³/mol. The summed E-state index contributed by atoms with van der Waals surface area (Å²) in [4.78, 5) is 12.2. The summed E-state index contributed by atoms with van der Waals surface area (Å²) >= 11 is 0. The molecule has 0 aromatic heterocycles. The molecule has 5 heteroatoms. The lowest BCUT2D eigenvalue weighted by atomic mass is 9.83. The summed E-state index contributed by atoms with van der Waals surface area (Å²) in [5, 5.41) is 5.62. The summed E-state index contributed by atoms with van der Waals surface area (Å²) in [7, 11) is 0. The summed E-state index contributed by atoms with van der Waals surface area (Å²) in [5.41, 5.74) is -0.613. The molecule has 1 saturated heterocycles. The van der Waals surface area contributed by atoms with Crippen LogP contribution in [0.25, 0.3) is 0 Å². The lowest BCUT2D eigenvalue weighted by Crippen LogP contribution is -2.37. The first-order valence-electron chi connectivity index (χ1n) is 6.04. The van der Waals surface area contributed by atoms with E-state index in [0.29, 0.717) is 19.4 Å². The molecule has 3 nitrogen and oxygen atoms in total. The third-order valence-electron chi connectivity index (χ3n) is 3.58. The van der Waals surface area contributed by atoms with Crippen molar-refractivity contribution in [1.82, 2.24) is 5.32 Å². The van der Waals surface area contributed by atoms with Gasteiger partial charge in [0.25, 0.3) is 0 Å². The zero-order chi connectivity index (χ0) is 13.2. The molecule has 2 N–H and O–H groups in total. The van der Waals surface area contributed by atoms with Crippen LogP contribution in [-0.4, -0.2) is 19.0 Å². The second-order valence-corrected chi connectivity index (χ2v) is 4.64. The van der Waals surface area contributed by atoms with Crippen LogP contribution in [0.2, 0.25) is 0 Å². The van der Waals surface area contributed by atoms with Gasteiger partial charge < -0.3 is 10.6 Å². The highest BCUT2D eigenvalue weighted by molar-refractivity contribution is 5.95. The highest BCUT2D eigenvalue weighted by Crippen LogP contribution is 2.31. The lowest BCUT2D eigenvalue weighted by Gasteiger charge is -2.25.